The second-order valence-electron chi connectivity index (χ2n) is 5.38. The van der Waals surface area contributed by atoms with Gasteiger partial charge in [-0.2, -0.15) is 4.98 Å². The van der Waals surface area contributed by atoms with Crippen molar-refractivity contribution in [3.05, 3.63) is 30.3 Å². The number of nitrogens with two attached hydrogens (primary N) is 1. The molecule has 2 N–H and O–H groups in total. The van der Waals surface area contributed by atoms with Crippen LogP contribution < -0.4 is 10.6 Å². The molecule has 1 fully saturated rings. The van der Waals surface area contributed by atoms with E-state index in [1.54, 1.807) is 0 Å². The maximum atomic E-state index is 6.18. The van der Waals surface area contributed by atoms with Crippen molar-refractivity contribution in [2.75, 3.05) is 18.0 Å². The zero-order chi connectivity index (χ0) is 13.9. The highest BCUT2D eigenvalue weighted by molar-refractivity contribution is 5.55. The molecule has 0 bridgehead atoms. The van der Waals surface area contributed by atoms with E-state index in [-0.39, 0.29) is 6.04 Å². The van der Waals surface area contributed by atoms with E-state index in [2.05, 4.69) is 22.0 Å². The van der Waals surface area contributed by atoms with Crippen LogP contribution in [-0.2, 0) is 0 Å². The summed E-state index contributed by atoms with van der Waals surface area (Å²) in [7, 11) is 0. The van der Waals surface area contributed by atoms with Crippen LogP contribution in [0.5, 0.6) is 0 Å². The minimum atomic E-state index is 0.196. The van der Waals surface area contributed by atoms with Crippen molar-refractivity contribution in [2.45, 2.75) is 25.8 Å². The van der Waals surface area contributed by atoms with E-state index >= 15 is 0 Å². The van der Waals surface area contributed by atoms with E-state index in [0.717, 1.165) is 31.5 Å². The molecule has 1 aromatic carbocycles. The summed E-state index contributed by atoms with van der Waals surface area (Å²) in [6.07, 6.45) is 2.31. The zero-order valence-corrected chi connectivity index (χ0v) is 11.7. The molecule has 0 radical (unpaired) electrons. The van der Waals surface area contributed by atoms with E-state index in [4.69, 9.17) is 10.3 Å². The van der Waals surface area contributed by atoms with Gasteiger partial charge < -0.3 is 15.2 Å². The molecule has 3 rings (SSSR count). The Morgan fingerprint density at radius 2 is 2.10 bits per heavy atom. The lowest BCUT2D eigenvalue weighted by Crippen LogP contribution is -2.29. The van der Waals surface area contributed by atoms with Gasteiger partial charge in [-0.15, -0.1) is 0 Å². The number of benzene rings is 1. The molecular weight excluding hydrogens is 252 g/mol. The molecule has 0 saturated carbocycles. The van der Waals surface area contributed by atoms with Crippen molar-refractivity contribution in [2.24, 2.45) is 11.7 Å². The van der Waals surface area contributed by atoms with Crippen molar-refractivity contribution in [3.63, 3.8) is 0 Å². The molecule has 106 valence electrons. The Balaban J connectivity index is 1.75. The first kappa shape index (κ1) is 13.1. The lowest BCUT2D eigenvalue weighted by molar-refractivity contribution is 0.417. The molecule has 1 aliphatic heterocycles. The lowest BCUT2D eigenvalue weighted by Gasteiger charge is -2.12. The van der Waals surface area contributed by atoms with Gasteiger partial charge in [-0.1, -0.05) is 48.8 Å². The predicted molar refractivity (Wildman–Crippen MR) is 78.3 cm³/mol. The fourth-order valence-electron chi connectivity index (χ4n) is 2.78. The Kier molecular flexibility index (Phi) is 3.69. The van der Waals surface area contributed by atoms with Crippen LogP contribution in [0.25, 0.3) is 11.4 Å². The molecule has 2 unspecified atom stereocenters. The highest BCUT2D eigenvalue weighted by atomic mass is 16.5. The minimum absolute atomic E-state index is 0.196. The van der Waals surface area contributed by atoms with E-state index < -0.39 is 0 Å². The Morgan fingerprint density at radius 1 is 1.30 bits per heavy atom. The summed E-state index contributed by atoms with van der Waals surface area (Å²) in [6.45, 7) is 3.89. The highest BCUT2D eigenvalue weighted by Gasteiger charge is 2.32. The van der Waals surface area contributed by atoms with Crippen LogP contribution in [0, 0.1) is 5.92 Å². The van der Waals surface area contributed by atoms with Crippen molar-refractivity contribution in [1.29, 1.82) is 0 Å². The summed E-state index contributed by atoms with van der Waals surface area (Å²) >= 11 is 0. The minimum Gasteiger partial charge on any atom is -0.326 e. The Hall–Kier alpha value is -1.88. The molecule has 5 nitrogen and oxygen atoms in total. The van der Waals surface area contributed by atoms with Crippen LogP contribution >= 0.6 is 0 Å². The normalized spacial score (nSPS) is 22.4. The van der Waals surface area contributed by atoms with Crippen molar-refractivity contribution in [1.82, 2.24) is 10.1 Å². The summed E-state index contributed by atoms with van der Waals surface area (Å²) in [5.41, 5.74) is 7.15. The Morgan fingerprint density at radius 3 is 2.85 bits per heavy atom. The summed E-state index contributed by atoms with van der Waals surface area (Å²) in [6, 6.07) is 10.6. The average Bonchev–Trinajstić information content (AvgIpc) is 3.08. The third kappa shape index (κ3) is 2.54. The topological polar surface area (TPSA) is 68.2 Å². The van der Waals surface area contributed by atoms with Crippen LogP contribution in [0.15, 0.2) is 34.9 Å². The van der Waals surface area contributed by atoms with E-state index in [9.17, 15) is 0 Å². The molecule has 2 aromatic rings. The summed E-state index contributed by atoms with van der Waals surface area (Å²) in [5.74, 6) is 1.15. The number of anilines is 1. The molecule has 0 amide bonds. The van der Waals surface area contributed by atoms with Gasteiger partial charge in [0.2, 0.25) is 5.82 Å². The van der Waals surface area contributed by atoms with Crippen LogP contribution in [0.4, 0.5) is 6.01 Å². The van der Waals surface area contributed by atoms with Gasteiger partial charge in [0, 0.05) is 24.7 Å². The van der Waals surface area contributed by atoms with Crippen LogP contribution in [0.1, 0.15) is 19.8 Å². The standard InChI is InChI=1S/C15H20N4O/c1-2-6-12-9-19(10-13(12)16)15-17-14(18-20-15)11-7-4-3-5-8-11/h3-5,7-8,12-13H,2,6,9-10,16H2,1H3. The van der Waals surface area contributed by atoms with Crippen molar-refractivity contribution in [3.8, 4) is 11.4 Å². The average molecular weight is 272 g/mol. The summed E-state index contributed by atoms with van der Waals surface area (Å²) in [5, 5.41) is 4.06. The molecule has 1 saturated heterocycles. The van der Waals surface area contributed by atoms with E-state index in [1.807, 2.05) is 30.3 Å². The van der Waals surface area contributed by atoms with Crippen molar-refractivity contribution >= 4 is 6.01 Å². The van der Waals surface area contributed by atoms with Gasteiger partial charge in [0.05, 0.1) is 0 Å². The third-order valence-electron chi connectivity index (χ3n) is 3.87. The van der Waals surface area contributed by atoms with Gasteiger partial charge in [0.15, 0.2) is 0 Å². The maximum Gasteiger partial charge on any atom is 0.324 e. The van der Waals surface area contributed by atoms with Crippen LogP contribution in [0.3, 0.4) is 0 Å². The van der Waals surface area contributed by atoms with Gasteiger partial charge in [0.25, 0.3) is 0 Å². The fraction of sp³-hybridized carbons (Fsp3) is 0.467. The Bertz CT molecular complexity index is 554. The summed E-state index contributed by atoms with van der Waals surface area (Å²) in [4.78, 5) is 6.59. The van der Waals surface area contributed by atoms with Gasteiger partial charge in [0.1, 0.15) is 0 Å². The first-order chi connectivity index (χ1) is 9.78. The van der Waals surface area contributed by atoms with Crippen molar-refractivity contribution < 1.29 is 4.52 Å². The fourth-order valence-corrected chi connectivity index (χ4v) is 2.78. The molecular formula is C15H20N4O. The number of hydrogen-bond donors (Lipinski definition) is 1. The zero-order valence-electron chi connectivity index (χ0n) is 11.7. The number of hydrogen-bond acceptors (Lipinski definition) is 5. The molecule has 5 heteroatoms. The maximum absolute atomic E-state index is 6.18. The van der Waals surface area contributed by atoms with Gasteiger partial charge >= 0.3 is 6.01 Å². The van der Waals surface area contributed by atoms with E-state index in [1.165, 1.54) is 0 Å². The quantitative estimate of drug-likeness (QED) is 0.925. The Labute approximate surface area is 118 Å². The monoisotopic (exact) mass is 272 g/mol. The molecule has 1 aliphatic rings. The van der Waals surface area contributed by atoms with Gasteiger partial charge in [-0.3, -0.25) is 0 Å². The van der Waals surface area contributed by atoms with Gasteiger partial charge in [-0.05, 0) is 12.3 Å². The summed E-state index contributed by atoms with van der Waals surface area (Å²) < 4.78 is 5.39. The molecule has 2 atom stereocenters. The third-order valence-corrected chi connectivity index (χ3v) is 3.87. The van der Waals surface area contributed by atoms with Crippen LogP contribution in [0.2, 0.25) is 0 Å². The molecule has 2 heterocycles. The largest absolute Gasteiger partial charge is 0.326 e. The molecule has 0 spiro atoms. The number of nitrogens with zero attached hydrogens (tertiary/aromatic N) is 3. The number of aromatic nitrogens is 2. The predicted octanol–water partition coefficient (Wildman–Crippen LogP) is 2.30. The van der Waals surface area contributed by atoms with Gasteiger partial charge in [-0.25, -0.2) is 0 Å². The molecule has 1 aromatic heterocycles. The van der Waals surface area contributed by atoms with E-state index in [0.29, 0.717) is 17.8 Å². The highest BCUT2D eigenvalue weighted by Crippen LogP contribution is 2.26. The first-order valence-corrected chi connectivity index (χ1v) is 7.17. The lowest BCUT2D eigenvalue weighted by atomic mass is 9.99. The smallest absolute Gasteiger partial charge is 0.324 e. The molecule has 20 heavy (non-hydrogen) atoms. The molecule has 0 aliphatic carbocycles. The van der Waals surface area contributed by atoms with Crippen LogP contribution in [-0.4, -0.2) is 29.3 Å². The second-order valence-corrected chi connectivity index (χ2v) is 5.38. The number of rotatable bonds is 4. The first-order valence-electron chi connectivity index (χ1n) is 7.17. The SMILES string of the molecule is CCCC1CN(c2nc(-c3ccccc3)no2)CC1N. The second kappa shape index (κ2) is 5.63.